The van der Waals surface area contributed by atoms with E-state index in [9.17, 15) is 0 Å². The van der Waals surface area contributed by atoms with Gasteiger partial charge in [-0.25, -0.2) is 0 Å². The molecule has 16 heavy (non-hydrogen) atoms. The fourth-order valence-corrected chi connectivity index (χ4v) is 1.79. The van der Waals surface area contributed by atoms with Crippen molar-refractivity contribution in [1.82, 2.24) is 25.5 Å². The smallest absolute Gasteiger partial charge is 0.176 e. The third-order valence-corrected chi connectivity index (χ3v) is 2.65. The highest BCUT2D eigenvalue weighted by molar-refractivity contribution is 4.88. The molecule has 6 heteroatoms. The minimum atomic E-state index is 0.193. The van der Waals surface area contributed by atoms with Crippen LogP contribution in [0.4, 0.5) is 0 Å². The summed E-state index contributed by atoms with van der Waals surface area (Å²) in [6.07, 6.45) is 3.06. The molecule has 0 saturated heterocycles. The molecule has 2 atom stereocenters. The van der Waals surface area contributed by atoms with Gasteiger partial charge in [-0.15, -0.1) is 10.2 Å². The lowest BCUT2D eigenvalue weighted by Crippen LogP contribution is -2.40. The van der Waals surface area contributed by atoms with E-state index in [-0.39, 0.29) is 12.1 Å². The molecule has 0 aliphatic heterocycles. The van der Waals surface area contributed by atoms with E-state index in [1.54, 1.807) is 14.2 Å². The number of rotatable bonds is 7. The number of hydrogen-bond acceptors (Lipinski definition) is 5. The van der Waals surface area contributed by atoms with Gasteiger partial charge in [0, 0.05) is 19.6 Å². The molecular weight excluding hydrogens is 206 g/mol. The van der Waals surface area contributed by atoms with Crippen LogP contribution in [-0.4, -0.2) is 46.5 Å². The zero-order chi connectivity index (χ0) is 12.0. The molecule has 0 amide bonds. The number of hydrogen-bond donors (Lipinski definition) is 1. The summed E-state index contributed by atoms with van der Waals surface area (Å²) in [7, 11) is 5.45. The van der Waals surface area contributed by atoms with Crippen molar-refractivity contribution in [1.29, 1.82) is 0 Å². The molecule has 0 bridgehead atoms. The number of ether oxygens (including phenoxy) is 1. The Kier molecular flexibility index (Phi) is 5.34. The lowest BCUT2D eigenvalue weighted by molar-refractivity contribution is 0.0627. The van der Waals surface area contributed by atoms with Crippen molar-refractivity contribution in [2.24, 2.45) is 7.05 Å². The predicted octanol–water partition coefficient (Wildman–Crippen LogP) is 0.156. The number of likely N-dealkylation sites (N-methyl/N-ethyl adjacent to an activating group) is 1. The van der Waals surface area contributed by atoms with Gasteiger partial charge in [0.05, 0.1) is 13.2 Å². The number of nitrogens with one attached hydrogen (secondary N) is 1. The molecule has 1 N–H and O–H groups in total. The van der Waals surface area contributed by atoms with Gasteiger partial charge in [0.25, 0.3) is 0 Å². The van der Waals surface area contributed by atoms with Crippen LogP contribution in [0.25, 0.3) is 0 Å². The average Bonchev–Trinajstić information content (AvgIpc) is 2.69. The average molecular weight is 227 g/mol. The molecule has 1 aromatic rings. The Balaban J connectivity index is 2.59. The Morgan fingerprint density at radius 2 is 2.25 bits per heavy atom. The maximum Gasteiger partial charge on any atom is 0.176 e. The summed E-state index contributed by atoms with van der Waals surface area (Å²) in [6, 6.07) is 0.231. The number of aryl methyl sites for hydroxylation is 1. The van der Waals surface area contributed by atoms with E-state index in [2.05, 4.69) is 27.7 Å². The van der Waals surface area contributed by atoms with Crippen molar-refractivity contribution in [3.05, 3.63) is 5.82 Å². The van der Waals surface area contributed by atoms with E-state index < -0.39 is 0 Å². The van der Waals surface area contributed by atoms with Crippen LogP contribution in [0.15, 0.2) is 0 Å². The summed E-state index contributed by atoms with van der Waals surface area (Å²) in [6.45, 7) is 2.15. The van der Waals surface area contributed by atoms with Gasteiger partial charge in [0.15, 0.2) is 5.82 Å². The fourth-order valence-electron chi connectivity index (χ4n) is 1.79. The molecule has 0 aromatic carbocycles. The van der Waals surface area contributed by atoms with Crippen molar-refractivity contribution in [3.8, 4) is 0 Å². The molecule has 0 spiro atoms. The zero-order valence-electron chi connectivity index (χ0n) is 10.5. The van der Waals surface area contributed by atoms with Gasteiger partial charge in [0.1, 0.15) is 0 Å². The van der Waals surface area contributed by atoms with Gasteiger partial charge in [0.2, 0.25) is 0 Å². The van der Waals surface area contributed by atoms with E-state index in [0.29, 0.717) is 0 Å². The first kappa shape index (κ1) is 13.1. The topological polar surface area (TPSA) is 64.9 Å². The van der Waals surface area contributed by atoms with Crippen molar-refractivity contribution in [2.45, 2.75) is 38.3 Å². The molecule has 0 aliphatic carbocycles. The second-order valence-electron chi connectivity index (χ2n) is 3.86. The highest BCUT2D eigenvalue weighted by atomic mass is 16.5. The number of tetrazole rings is 1. The number of aromatic nitrogens is 4. The van der Waals surface area contributed by atoms with E-state index >= 15 is 0 Å². The van der Waals surface area contributed by atoms with Crippen molar-refractivity contribution >= 4 is 0 Å². The van der Waals surface area contributed by atoms with Crippen LogP contribution in [0, 0.1) is 0 Å². The summed E-state index contributed by atoms with van der Waals surface area (Å²) >= 11 is 0. The standard InChI is InChI=1S/C10H21N5O/c1-5-6-9(16-4)8(11-2)7-10-12-14-15(3)13-10/h8-9,11H,5-7H2,1-4H3. The Morgan fingerprint density at radius 3 is 2.69 bits per heavy atom. The van der Waals surface area contributed by atoms with Crippen molar-refractivity contribution in [3.63, 3.8) is 0 Å². The second-order valence-corrected chi connectivity index (χ2v) is 3.86. The molecule has 6 nitrogen and oxygen atoms in total. The van der Waals surface area contributed by atoms with Crippen LogP contribution in [0.5, 0.6) is 0 Å². The summed E-state index contributed by atoms with van der Waals surface area (Å²) in [5.74, 6) is 0.750. The second kappa shape index (κ2) is 6.55. The Hall–Kier alpha value is -1.01. The van der Waals surface area contributed by atoms with Crippen LogP contribution < -0.4 is 5.32 Å². The van der Waals surface area contributed by atoms with Gasteiger partial charge < -0.3 is 10.1 Å². The Morgan fingerprint density at radius 1 is 1.50 bits per heavy atom. The lowest BCUT2D eigenvalue weighted by atomic mass is 10.0. The molecule has 0 fully saturated rings. The summed E-state index contributed by atoms with van der Waals surface area (Å²) in [4.78, 5) is 1.48. The first-order valence-electron chi connectivity index (χ1n) is 5.64. The van der Waals surface area contributed by atoms with Gasteiger partial charge in [-0.05, 0) is 18.7 Å². The summed E-state index contributed by atoms with van der Waals surface area (Å²) < 4.78 is 5.48. The highest BCUT2D eigenvalue weighted by Gasteiger charge is 2.21. The molecule has 1 aromatic heterocycles. The van der Waals surface area contributed by atoms with E-state index in [0.717, 1.165) is 25.1 Å². The van der Waals surface area contributed by atoms with Crippen molar-refractivity contribution < 1.29 is 4.74 Å². The molecule has 1 heterocycles. The maximum atomic E-state index is 5.48. The monoisotopic (exact) mass is 227 g/mol. The predicted molar refractivity (Wildman–Crippen MR) is 61.1 cm³/mol. The molecule has 92 valence electrons. The van der Waals surface area contributed by atoms with E-state index in [1.807, 2.05) is 7.05 Å². The quantitative estimate of drug-likeness (QED) is 0.718. The molecule has 0 radical (unpaired) electrons. The van der Waals surface area contributed by atoms with Gasteiger partial charge in [-0.2, -0.15) is 4.80 Å². The summed E-state index contributed by atoms with van der Waals surface area (Å²) in [5, 5.41) is 15.2. The maximum absolute atomic E-state index is 5.48. The third-order valence-electron chi connectivity index (χ3n) is 2.65. The largest absolute Gasteiger partial charge is 0.380 e. The summed E-state index contributed by atoms with van der Waals surface area (Å²) in [5.41, 5.74) is 0. The minimum absolute atomic E-state index is 0.193. The number of methoxy groups -OCH3 is 1. The molecule has 0 aliphatic rings. The zero-order valence-corrected chi connectivity index (χ0v) is 10.5. The highest BCUT2D eigenvalue weighted by Crippen LogP contribution is 2.09. The minimum Gasteiger partial charge on any atom is -0.380 e. The van der Waals surface area contributed by atoms with Crippen LogP contribution in [0.3, 0.4) is 0 Å². The first-order valence-corrected chi connectivity index (χ1v) is 5.64. The molecular formula is C10H21N5O. The first-order chi connectivity index (χ1) is 7.71. The van der Waals surface area contributed by atoms with Crippen LogP contribution in [-0.2, 0) is 18.2 Å². The SMILES string of the molecule is CCCC(OC)C(Cc1nnn(C)n1)NC. The van der Waals surface area contributed by atoms with Crippen LogP contribution in [0.2, 0.25) is 0 Å². The molecule has 2 unspecified atom stereocenters. The van der Waals surface area contributed by atoms with Gasteiger partial charge in [-0.1, -0.05) is 13.3 Å². The molecule has 1 rings (SSSR count). The Labute approximate surface area is 96.4 Å². The van der Waals surface area contributed by atoms with Crippen LogP contribution in [0.1, 0.15) is 25.6 Å². The van der Waals surface area contributed by atoms with E-state index in [4.69, 9.17) is 4.74 Å². The van der Waals surface area contributed by atoms with Gasteiger partial charge in [-0.3, -0.25) is 0 Å². The Bertz CT molecular complexity index is 301. The van der Waals surface area contributed by atoms with E-state index in [1.165, 1.54) is 4.80 Å². The van der Waals surface area contributed by atoms with Crippen LogP contribution >= 0.6 is 0 Å². The fraction of sp³-hybridized carbons (Fsp3) is 0.900. The third kappa shape index (κ3) is 3.53. The van der Waals surface area contributed by atoms with Crippen molar-refractivity contribution in [2.75, 3.05) is 14.2 Å². The molecule has 0 saturated carbocycles. The number of nitrogens with zero attached hydrogens (tertiary/aromatic N) is 4. The normalized spacial score (nSPS) is 15.0. The van der Waals surface area contributed by atoms with Gasteiger partial charge >= 0.3 is 0 Å². The lowest BCUT2D eigenvalue weighted by Gasteiger charge is -2.24.